The third kappa shape index (κ3) is 4.03. The fourth-order valence-electron chi connectivity index (χ4n) is 2.02. The molecule has 5 nitrogen and oxygen atoms in total. The maximum absolute atomic E-state index is 12.5. The van der Waals surface area contributed by atoms with Crippen LogP contribution in [0.1, 0.15) is 24.0 Å². The first-order valence-electron chi connectivity index (χ1n) is 7.00. The number of sulfonamides is 1. The van der Waals surface area contributed by atoms with Gasteiger partial charge in [-0.2, -0.15) is 9.57 Å². The number of hydrogen-bond donors (Lipinski definition) is 0. The highest BCUT2D eigenvalue weighted by atomic mass is 32.2. The highest BCUT2D eigenvalue weighted by Crippen LogP contribution is 2.28. The molecule has 0 saturated heterocycles. The molecule has 1 aliphatic rings. The number of rotatable bonds is 7. The molecule has 1 aliphatic carbocycles. The van der Waals surface area contributed by atoms with Gasteiger partial charge in [-0.3, -0.25) is 0 Å². The van der Waals surface area contributed by atoms with E-state index >= 15 is 0 Å². The Bertz CT molecular complexity index is 645. The lowest BCUT2D eigenvalue weighted by Crippen LogP contribution is -2.31. The van der Waals surface area contributed by atoms with Crippen molar-refractivity contribution in [2.24, 2.45) is 5.92 Å². The van der Waals surface area contributed by atoms with Gasteiger partial charge in [-0.05, 0) is 49.4 Å². The summed E-state index contributed by atoms with van der Waals surface area (Å²) in [6.07, 6.45) is 2.44. The third-order valence-corrected chi connectivity index (χ3v) is 5.61. The topological polar surface area (TPSA) is 70.4 Å². The van der Waals surface area contributed by atoms with Gasteiger partial charge in [0.1, 0.15) is 0 Å². The van der Waals surface area contributed by atoms with E-state index in [9.17, 15) is 8.42 Å². The first-order chi connectivity index (χ1) is 9.95. The summed E-state index contributed by atoms with van der Waals surface area (Å²) in [5.41, 5.74) is 1.04. The summed E-state index contributed by atoms with van der Waals surface area (Å²) in [5.74, 6) is 0.674. The van der Waals surface area contributed by atoms with Crippen LogP contribution in [-0.2, 0) is 14.8 Å². The molecule has 0 radical (unpaired) electrons. The third-order valence-electron chi connectivity index (χ3n) is 3.59. The second-order valence-electron chi connectivity index (χ2n) is 5.44. The molecule has 6 heteroatoms. The van der Waals surface area contributed by atoms with Gasteiger partial charge in [0.2, 0.25) is 10.0 Å². The van der Waals surface area contributed by atoms with E-state index < -0.39 is 10.0 Å². The van der Waals surface area contributed by atoms with E-state index in [1.165, 1.54) is 29.3 Å². The van der Waals surface area contributed by atoms with Crippen LogP contribution in [0.25, 0.3) is 0 Å². The van der Waals surface area contributed by atoms with E-state index in [2.05, 4.69) is 0 Å². The zero-order chi connectivity index (χ0) is 15.5. The molecule has 0 aromatic heterocycles. The Morgan fingerprint density at radius 3 is 2.71 bits per heavy atom. The summed E-state index contributed by atoms with van der Waals surface area (Å²) in [4.78, 5) is 0.242. The minimum absolute atomic E-state index is 0.242. The molecule has 1 aromatic rings. The maximum atomic E-state index is 12.5. The standard InChI is InChI=1S/C15H20N2O3S/c1-12-9-14(10-16)5-6-15(12)21(18,19)17(2)7-8-20-11-13-3-4-13/h5-6,9,13H,3-4,7-8,11H2,1-2H3. The average Bonchev–Trinajstić information content (AvgIpc) is 3.26. The Morgan fingerprint density at radius 1 is 1.43 bits per heavy atom. The smallest absolute Gasteiger partial charge is 0.243 e. The molecule has 1 saturated carbocycles. The van der Waals surface area contributed by atoms with Crippen LogP contribution in [0, 0.1) is 24.2 Å². The van der Waals surface area contributed by atoms with Crippen LogP contribution >= 0.6 is 0 Å². The predicted octanol–water partition coefficient (Wildman–Crippen LogP) is 1.91. The Kier molecular flexibility index (Phi) is 4.99. The van der Waals surface area contributed by atoms with Crippen LogP contribution < -0.4 is 0 Å². The number of ether oxygens (including phenoxy) is 1. The molecule has 0 aliphatic heterocycles. The molecule has 2 rings (SSSR count). The number of likely N-dealkylation sites (N-methyl/N-ethyl adjacent to an activating group) is 1. The largest absolute Gasteiger partial charge is 0.380 e. The molecule has 0 heterocycles. The number of nitrogens with zero attached hydrogens (tertiary/aromatic N) is 2. The number of hydrogen-bond acceptors (Lipinski definition) is 4. The van der Waals surface area contributed by atoms with Crippen molar-refractivity contribution in [2.75, 3.05) is 26.8 Å². The van der Waals surface area contributed by atoms with Gasteiger partial charge >= 0.3 is 0 Å². The molecule has 0 atom stereocenters. The highest BCUT2D eigenvalue weighted by Gasteiger charge is 2.24. The average molecular weight is 308 g/mol. The van der Waals surface area contributed by atoms with E-state index in [1.54, 1.807) is 20.0 Å². The van der Waals surface area contributed by atoms with Gasteiger partial charge in [0, 0.05) is 20.2 Å². The SMILES string of the molecule is Cc1cc(C#N)ccc1S(=O)(=O)N(C)CCOCC1CC1. The lowest BCUT2D eigenvalue weighted by Gasteiger charge is -2.18. The molecule has 0 amide bonds. The minimum Gasteiger partial charge on any atom is -0.380 e. The summed E-state index contributed by atoms with van der Waals surface area (Å²) in [6.45, 7) is 3.16. The van der Waals surface area contributed by atoms with E-state index in [1.807, 2.05) is 6.07 Å². The molecule has 0 spiro atoms. The Morgan fingerprint density at radius 2 is 2.14 bits per heavy atom. The van der Waals surface area contributed by atoms with E-state index in [4.69, 9.17) is 10.00 Å². The zero-order valence-corrected chi connectivity index (χ0v) is 13.2. The maximum Gasteiger partial charge on any atom is 0.243 e. The highest BCUT2D eigenvalue weighted by molar-refractivity contribution is 7.89. The van der Waals surface area contributed by atoms with Gasteiger partial charge < -0.3 is 4.74 Å². The van der Waals surface area contributed by atoms with Crippen molar-refractivity contribution in [3.63, 3.8) is 0 Å². The molecule has 114 valence electrons. The van der Waals surface area contributed by atoms with E-state index in [-0.39, 0.29) is 4.90 Å². The quantitative estimate of drug-likeness (QED) is 0.722. The molecule has 1 aromatic carbocycles. The molecular formula is C15H20N2O3S. The van der Waals surface area contributed by atoms with Crippen LogP contribution in [0.5, 0.6) is 0 Å². The molecular weight excluding hydrogens is 288 g/mol. The number of aryl methyl sites for hydroxylation is 1. The van der Waals surface area contributed by atoms with Crippen molar-refractivity contribution in [1.29, 1.82) is 5.26 Å². The summed E-state index contributed by atoms with van der Waals surface area (Å²) in [5, 5.41) is 8.83. The zero-order valence-electron chi connectivity index (χ0n) is 12.4. The van der Waals surface area contributed by atoms with Crippen LogP contribution in [0.2, 0.25) is 0 Å². The van der Waals surface area contributed by atoms with Crippen LogP contribution in [0.4, 0.5) is 0 Å². The van der Waals surface area contributed by atoms with E-state index in [0.717, 1.165) is 6.61 Å². The van der Waals surface area contributed by atoms with Crippen LogP contribution in [-0.4, -0.2) is 39.5 Å². The predicted molar refractivity (Wildman–Crippen MR) is 79.3 cm³/mol. The Hall–Kier alpha value is -1.42. The Labute approximate surface area is 126 Å². The number of nitriles is 1. The lowest BCUT2D eigenvalue weighted by molar-refractivity contribution is 0.117. The van der Waals surface area contributed by atoms with E-state index in [0.29, 0.717) is 30.2 Å². The first-order valence-corrected chi connectivity index (χ1v) is 8.44. The second kappa shape index (κ2) is 6.56. The minimum atomic E-state index is -3.54. The van der Waals surface area contributed by atoms with Crippen molar-refractivity contribution in [2.45, 2.75) is 24.7 Å². The fraction of sp³-hybridized carbons (Fsp3) is 0.533. The van der Waals surface area contributed by atoms with Gasteiger partial charge in [-0.15, -0.1) is 0 Å². The normalized spacial score (nSPS) is 15.1. The van der Waals surface area contributed by atoms with Gasteiger partial charge in [-0.25, -0.2) is 8.42 Å². The summed E-state index contributed by atoms with van der Waals surface area (Å²) in [7, 11) is -1.99. The van der Waals surface area contributed by atoms with Crippen molar-refractivity contribution in [3.8, 4) is 6.07 Å². The molecule has 0 unspecified atom stereocenters. The van der Waals surface area contributed by atoms with Crippen molar-refractivity contribution < 1.29 is 13.2 Å². The van der Waals surface area contributed by atoms with Gasteiger partial charge in [0.15, 0.2) is 0 Å². The second-order valence-corrected chi connectivity index (χ2v) is 7.45. The summed E-state index contributed by atoms with van der Waals surface area (Å²) >= 11 is 0. The van der Waals surface area contributed by atoms with Gasteiger partial charge in [-0.1, -0.05) is 0 Å². The Balaban J connectivity index is 2.00. The molecule has 0 N–H and O–H groups in total. The fourth-order valence-corrected chi connectivity index (χ4v) is 3.38. The monoisotopic (exact) mass is 308 g/mol. The van der Waals surface area contributed by atoms with Crippen molar-refractivity contribution in [1.82, 2.24) is 4.31 Å². The number of benzene rings is 1. The van der Waals surface area contributed by atoms with Crippen molar-refractivity contribution >= 4 is 10.0 Å². The van der Waals surface area contributed by atoms with Gasteiger partial charge in [0.05, 0.1) is 23.1 Å². The molecule has 0 bridgehead atoms. The van der Waals surface area contributed by atoms with Crippen molar-refractivity contribution in [3.05, 3.63) is 29.3 Å². The van der Waals surface area contributed by atoms with Crippen LogP contribution in [0.3, 0.4) is 0 Å². The molecule has 21 heavy (non-hydrogen) atoms. The van der Waals surface area contributed by atoms with Gasteiger partial charge in [0.25, 0.3) is 0 Å². The summed E-state index contributed by atoms with van der Waals surface area (Å²) < 4.78 is 31.7. The molecule has 1 fully saturated rings. The lowest BCUT2D eigenvalue weighted by atomic mass is 10.2. The summed E-state index contributed by atoms with van der Waals surface area (Å²) in [6, 6.07) is 6.61. The first kappa shape index (κ1) is 16.0. The van der Waals surface area contributed by atoms with Crippen LogP contribution in [0.15, 0.2) is 23.1 Å².